The standard InChI is InChI=1S/C13H19BrO3S/c1-2-18(16,17)9-5-7-12(15)10-11-6-3-4-8-13(11)14/h3-4,6,8,12,15H,2,5,7,9-10H2,1H3. The molecule has 0 radical (unpaired) electrons. The van der Waals surface area contributed by atoms with Crippen molar-refractivity contribution < 1.29 is 13.5 Å². The second-order valence-electron chi connectivity index (χ2n) is 4.33. The molecule has 0 aliphatic rings. The van der Waals surface area contributed by atoms with E-state index in [1.807, 2.05) is 24.3 Å². The lowest BCUT2D eigenvalue weighted by atomic mass is 10.0. The third-order valence-corrected chi connectivity index (χ3v) is 5.41. The van der Waals surface area contributed by atoms with Gasteiger partial charge in [-0.3, -0.25) is 0 Å². The molecule has 0 heterocycles. The Morgan fingerprint density at radius 1 is 1.33 bits per heavy atom. The van der Waals surface area contributed by atoms with E-state index in [9.17, 15) is 13.5 Å². The highest BCUT2D eigenvalue weighted by atomic mass is 79.9. The van der Waals surface area contributed by atoms with E-state index in [2.05, 4.69) is 15.9 Å². The minimum absolute atomic E-state index is 0.163. The number of benzene rings is 1. The van der Waals surface area contributed by atoms with Gasteiger partial charge in [-0.1, -0.05) is 41.1 Å². The molecule has 0 spiro atoms. The second-order valence-corrected chi connectivity index (χ2v) is 7.66. The summed E-state index contributed by atoms with van der Waals surface area (Å²) in [5.74, 6) is 0.337. The van der Waals surface area contributed by atoms with E-state index in [0.29, 0.717) is 19.3 Å². The van der Waals surface area contributed by atoms with Crippen LogP contribution in [0.4, 0.5) is 0 Å². The first-order valence-electron chi connectivity index (χ1n) is 6.06. The molecule has 5 heteroatoms. The summed E-state index contributed by atoms with van der Waals surface area (Å²) in [6, 6.07) is 7.74. The Morgan fingerprint density at radius 3 is 2.61 bits per heavy atom. The fourth-order valence-corrected chi connectivity index (χ4v) is 3.04. The first-order chi connectivity index (χ1) is 8.44. The molecule has 1 aromatic rings. The van der Waals surface area contributed by atoms with Crippen LogP contribution in [0, 0.1) is 0 Å². The topological polar surface area (TPSA) is 54.4 Å². The molecule has 0 aromatic heterocycles. The monoisotopic (exact) mass is 334 g/mol. The summed E-state index contributed by atoms with van der Waals surface area (Å²) in [4.78, 5) is 0. The molecule has 18 heavy (non-hydrogen) atoms. The maximum atomic E-state index is 11.3. The van der Waals surface area contributed by atoms with Crippen molar-refractivity contribution in [2.24, 2.45) is 0 Å². The molecule has 1 unspecified atom stereocenters. The Morgan fingerprint density at radius 2 is 2.00 bits per heavy atom. The minimum atomic E-state index is -2.92. The molecule has 1 N–H and O–H groups in total. The van der Waals surface area contributed by atoms with Crippen molar-refractivity contribution in [1.29, 1.82) is 0 Å². The van der Waals surface area contributed by atoms with Gasteiger partial charge in [0.25, 0.3) is 0 Å². The van der Waals surface area contributed by atoms with E-state index in [4.69, 9.17) is 0 Å². The van der Waals surface area contributed by atoms with Crippen LogP contribution in [0.5, 0.6) is 0 Å². The second kappa shape index (κ2) is 7.26. The van der Waals surface area contributed by atoms with Gasteiger partial charge in [0.15, 0.2) is 0 Å². The van der Waals surface area contributed by atoms with Gasteiger partial charge in [0.1, 0.15) is 9.84 Å². The Bertz CT molecular complexity index is 471. The molecule has 0 amide bonds. The highest BCUT2D eigenvalue weighted by molar-refractivity contribution is 9.10. The van der Waals surface area contributed by atoms with Gasteiger partial charge in [-0.2, -0.15) is 0 Å². The number of sulfone groups is 1. The summed E-state index contributed by atoms with van der Waals surface area (Å²) in [7, 11) is -2.92. The number of halogens is 1. The van der Waals surface area contributed by atoms with Gasteiger partial charge >= 0.3 is 0 Å². The van der Waals surface area contributed by atoms with Crippen LogP contribution in [0.25, 0.3) is 0 Å². The van der Waals surface area contributed by atoms with Crippen molar-refractivity contribution in [3.05, 3.63) is 34.3 Å². The summed E-state index contributed by atoms with van der Waals surface area (Å²) in [5, 5.41) is 9.88. The Hall–Kier alpha value is -0.390. The molecule has 3 nitrogen and oxygen atoms in total. The van der Waals surface area contributed by atoms with Crippen LogP contribution in [0.2, 0.25) is 0 Å². The molecule has 1 rings (SSSR count). The van der Waals surface area contributed by atoms with Gasteiger partial charge in [0, 0.05) is 10.2 Å². The zero-order valence-electron chi connectivity index (χ0n) is 10.5. The van der Waals surface area contributed by atoms with Gasteiger partial charge in [-0.25, -0.2) is 8.42 Å². The third kappa shape index (κ3) is 5.50. The van der Waals surface area contributed by atoms with Gasteiger partial charge in [0.2, 0.25) is 0 Å². The highest BCUT2D eigenvalue weighted by Crippen LogP contribution is 2.18. The summed E-state index contributed by atoms with van der Waals surface area (Å²) in [5.41, 5.74) is 1.04. The van der Waals surface area contributed by atoms with Crippen molar-refractivity contribution >= 4 is 25.8 Å². The van der Waals surface area contributed by atoms with Crippen molar-refractivity contribution in [3.63, 3.8) is 0 Å². The van der Waals surface area contributed by atoms with Crippen LogP contribution in [-0.2, 0) is 16.3 Å². The average molecular weight is 335 g/mol. The largest absolute Gasteiger partial charge is 0.393 e. The zero-order chi connectivity index (χ0) is 13.6. The molecule has 0 saturated heterocycles. The summed E-state index contributed by atoms with van der Waals surface area (Å²) >= 11 is 3.43. The van der Waals surface area contributed by atoms with E-state index >= 15 is 0 Å². The molecule has 0 aliphatic carbocycles. The van der Waals surface area contributed by atoms with Crippen LogP contribution in [0.1, 0.15) is 25.3 Å². The fraction of sp³-hybridized carbons (Fsp3) is 0.538. The first-order valence-corrected chi connectivity index (χ1v) is 8.68. The average Bonchev–Trinajstić information content (AvgIpc) is 2.32. The van der Waals surface area contributed by atoms with E-state index in [1.54, 1.807) is 6.92 Å². The molecule has 0 bridgehead atoms. The molecule has 1 aromatic carbocycles. The van der Waals surface area contributed by atoms with Gasteiger partial charge < -0.3 is 5.11 Å². The summed E-state index contributed by atoms with van der Waals surface area (Å²) in [6.45, 7) is 1.65. The molecular formula is C13H19BrO3S. The van der Waals surface area contributed by atoms with Crippen LogP contribution >= 0.6 is 15.9 Å². The highest BCUT2D eigenvalue weighted by Gasteiger charge is 2.11. The van der Waals surface area contributed by atoms with Crippen LogP contribution in [0.15, 0.2) is 28.7 Å². The number of hydrogen-bond donors (Lipinski definition) is 1. The normalized spacial score (nSPS) is 13.5. The van der Waals surface area contributed by atoms with E-state index in [0.717, 1.165) is 10.0 Å². The molecule has 0 fully saturated rings. The minimum Gasteiger partial charge on any atom is -0.393 e. The quantitative estimate of drug-likeness (QED) is 0.833. The maximum Gasteiger partial charge on any atom is 0.150 e. The van der Waals surface area contributed by atoms with Crippen molar-refractivity contribution in [2.45, 2.75) is 32.3 Å². The van der Waals surface area contributed by atoms with E-state index in [1.165, 1.54) is 0 Å². The van der Waals surface area contributed by atoms with Crippen LogP contribution < -0.4 is 0 Å². The summed E-state index contributed by atoms with van der Waals surface area (Å²) < 4.78 is 23.6. The van der Waals surface area contributed by atoms with E-state index < -0.39 is 15.9 Å². The van der Waals surface area contributed by atoms with Gasteiger partial charge in [-0.05, 0) is 30.9 Å². The molecule has 0 aliphatic heterocycles. The Balaban J connectivity index is 2.39. The molecular weight excluding hydrogens is 316 g/mol. The molecule has 102 valence electrons. The first kappa shape index (κ1) is 15.7. The number of aliphatic hydroxyl groups is 1. The predicted molar refractivity (Wildman–Crippen MR) is 77.4 cm³/mol. The lowest BCUT2D eigenvalue weighted by Crippen LogP contribution is -2.15. The number of aliphatic hydroxyl groups excluding tert-OH is 1. The van der Waals surface area contributed by atoms with E-state index in [-0.39, 0.29) is 11.5 Å². The summed E-state index contributed by atoms with van der Waals surface area (Å²) in [6.07, 6.45) is 1.09. The van der Waals surface area contributed by atoms with Gasteiger partial charge in [0.05, 0.1) is 11.9 Å². The lowest BCUT2D eigenvalue weighted by Gasteiger charge is -2.11. The molecule has 1 atom stereocenters. The smallest absolute Gasteiger partial charge is 0.150 e. The third-order valence-electron chi connectivity index (χ3n) is 2.85. The van der Waals surface area contributed by atoms with Crippen molar-refractivity contribution in [1.82, 2.24) is 0 Å². The number of rotatable bonds is 7. The van der Waals surface area contributed by atoms with Crippen LogP contribution in [-0.4, -0.2) is 31.1 Å². The number of hydrogen-bond acceptors (Lipinski definition) is 3. The predicted octanol–water partition coefficient (Wildman–Crippen LogP) is 2.57. The SMILES string of the molecule is CCS(=O)(=O)CCCC(O)Cc1ccccc1Br. The fourth-order valence-electron chi connectivity index (χ4n) is 1.70. The van der Waals surface area contributed by atoms with Crippen molar-refractivity contribution in [2.75, 3.05) is 11.5 Å². The van der Waals surface area contributed by atoms with Crippen molar-refractivity contribution in [3.8, 4) is 0 Å². The zero-order valence-corrected chi connectivity index (χ0v) is 12.9. The lowest BCUT2D eigenvalue weighted by molar-refractivity contribution is 0.164. The van der Waals surface area contributed by atoms with Crippen LogP contribution in [0.3, 0.4) is 0 Å². The Kier molecular flexibility index (Phi) is 6.32. The Labute approximate surface area is 117 Å². The molecule has 0 saturated carbocycles. The maximum absolute atomic E-state index is 11.3. The van der Waals surface area contributed by atoms with Gasteiger partial charge in [-0.15, -0.1) is 0 Å².